The molecule has 26 heavy (non-hydrogen) atoms. The topological polar surface area (TPSA) is 50.8 Å². The van der Waals surface area contributed by atoms with Gasteiger partial charge in [0.05, 0.1) is 17.5 Å². The Morgan fingerprint density at radius 1 is 1.27 bits per heavy atom. The fraction of sp³-hybridized carbons (Fsp3) is 0.350. The number of nitrogens with one attached hydrogen (secondary N) is 1. The summed E-state index contributed by atoms with van der Waals surface area (Å²) in [7, 11) is 3.83. The first-order valence-electron chi connectivity index (χ1n) is 8.65. The number of anilines is 2. The first-order chi connectivity index (χ1) is 12.5. The van der Waals surface area contributed by atoms with Crippen molar-refractivity contribution in [2.45, 2.75) is 18.9 Å². The number of carbonyl (C=O) groups is 1. The molecule has 1 fully saturated rings. The molecule has 5 nitrogen and oxygen atoms in total. The highest BCUT2D eigenvalue weighted by Gasteiger charge is 2.16. The molecule has 1 N–H and O–H groups in total. The van der Waals surface area contributed by atoms with E-state index >= 15 is 0 Å². The minimum absolute atomic E-state index is 0.172. The van der Waals surface area contributed by atoms with Crippen molar-refractivity contribution >= 4 is 28.9 Å². The monoisotopic (exact) mass is 374 g/mol. The van der Waals surface area contributed by atoms with E-state index in [-0.39, 0.29) is 12.0 Å². The highest BCUT2D eigenvalue weighted by molar-refractivity contribution is 6.31. The number of carbonyl (C=O) groups excluding carboxylic acids is 1. The number of ether oxygens (including phenoxy) is 2. The van der Waals surface area contributed by atoms with Crippen molar-refractivity contribution in [2.24, 2.45) is 0 Å². The molecule has 0 bridgehead atoms. The molecule has 6 heteroatoms. The summed E-state index contributed by atoms with van der Waals surface area (Å²) in [5.41, 5.74) is 2.12. The normalized spacial score (nSPS) is 16.3. The lowest BCUT2D eigenvalue weighted by Gasteiger charge is -2.18. The summed E-state index contributed by atoms with van der Waals surface area (Å²) in [5.74, 6) is 0.537. The molecule has 138 valence electrons. The van der Waals surface area contributed by atoms with Crippen molar-refractivity contribution in [3.05, 3.63) is 53.1 Å². The van der Waals surface area contributed by atoms with Gasteiger partial charge in [-0.3, -0.25) is 4.79 Å². The highest BCUT2D eigenvalue weighted by Crippen LogP contribution is 2.28. The van der Waals surface area contributed by atoms with E-state index < -0.39 is 0 Å². The fourth-order valence-electron chi connectivity index (χ4n) is 2.86. The molecule has 1 aliphatic heterocycles. The standard InChI is InChI=1S/C20H23ClN2O3/c1-23(2)19-10-7-15(21)12-18(19)22-20(24)14-5-8-16(9-6-14)26-13-17-4-3-11-25-17/h5-10,12,17H,3-4,11,13H2,1-2H3,(H,22,24). The maximum atomic E-state index is 12.5. The maximum Gasteiger partial charge on any atom is 0.255 e. The Balaban J connectivity index is 1.64. The fourth-order valence-corrected chi connectivity index (χ4v) is 3.03. The average molecular weight is 375 g/mol. The van der Waals surface area contributed by atoms with E-state index in [0.717, 1.165) is 30.9 Å². The summed E-state index contributed by atoms with van der Waals surface area (Å²) in [4.78, 5) is 14.5. The van der Waals surface area contributed by atoms with Crippen LogP contribution in [0.1, 0.15) is 23.2 Å². The predicted octanol–water partition coefficient (Wildman–Crippen LogP) is 4.22. The Labute approximate surface area is 158 Å². The van der Waals surface area contributed by atoms with Gasteiger partial charge in [0.2, 0.25) is 0 Å². The van der Waals surface area contributed by atoms with Crippen molar-refractivity contribution in [1.82, 2.24) is 0 Å². The number of amides is 1. The molecule has 1 aliphatic rings. The number of rotatable bonds is 6. The van der Waals surface area contributed by atoms with Crippen molar-refractivity contribution in [3.63, 3.8) is 0 Å². The number of nitrogens with zero attached hydrogens (tertiary/aromatic N) is 1. The second kappa shape index (κ2) is 8.43. The smallest absolute Gasteiger partial charge is 0.255 e. The minimum Gasteiger partial charge on any atom is -0.491 e. The summed E-state index contributed by atoms with van der Waals surface area (Å²) in [6.45, 7) is 1.35. The molecule has 3 rings (SSSR count). The predicted molar refractivity (Wildman–Crippen MR) is 105 cm³/mol. The maximum absolute atomic E-state index is 12.5. The number of benzene rings is 2. The first-order valence-corrected chi connectivity index (χ1v) is 9.03. The van der Waals surface area contributed by atoms with Crippen molar-refractivity contribution in [3.8, 4) is 5.75 Å². The third-order valence-electron chi connectivity index (χ3n) is 4.26. The van der Waals surface area contributed by atoms with Crippen LogP contribution in [-0.2, 0) is 4.74 Å². The lowest BCUT2D eigenvalue weighted by molar-refractivity contribution is 0.0679. The van der Waals surface area contributed by atoms with Gasteiger partial charge in [-0.05, 0) is 55.3 Å². The van der Waals surface area contributed by atoms with Crippen LogP contribution in [0.2, 0.25) is 5.02 Å². The SMILES string of the molecule is CN(C)c1ccc(Cl)cc1NC(=O)c1ccc(OCC2CCCO2)cc1. The van der Waals surface area contributed by atoms with Gasteiger partial charge in [-0.25, -0.2) is 0 Å². The van der Waals surface area contributed by atoms with Gasteiger partial charge in [0, 0.05) is 31.3 Å². The van der Waals surface area contributed by atoms with E-state index in [1.807, 2.05) is 25.1 Å². The summed E-state index contributed by atoms with van der Waals surface area (Å²) in [5, 5.41) is 3.49. The van der Waals surface area contributed by atoms with Crippen LogP contribution in [0.25, 0.3) is 0 Å². The molecule has 0 aromatic heterocycles. The van der Waals surface area contributed by atoms with Gasteiger partial charge in [0.15, 0.2) is 0 Å². The third kappa shape index (κ3) is 4.68. The molecule has 1 amide bonds. The third-order valence-corrected chi connectivity index (χ3v) is 4.50. The van der Waals surface area contributed by atoms with E-state index in [4.69, 9.17) is 21.1 Å². The van der Waals surface area contributed by atoms with Gasteiger partial charge in [-0.2, -0.15) is 0 Å². The largest absolute Gasteiger partial charge is 0.491 e. The average Bonchev–Trinajstić information content (AvgIpc) is 3.13. The van der Waals surface area contributed by atoms with E-state index in [1.54, 1.807) is 36.4 Å². The molecule has 0 radical (unpaired) electrons. The van der Waals surface area contributed by atoms with Crippen LogP contribution >= 0.6 is 11.6 Å². The molecule has 1 heterocycles. The molecule has 2 aromatic carbocycles. The van der Waals surface area contributed by atoms with Gasteiger partial charge >= 0.3 is 0 Å². The van der Waals surface area contributed by atoms with Crippen molar-refractivity contribution in [1.29, 1.82) is 0 Å². The molecular weight excluding hydrogens is 352 g/mol. The highest BCUT2D eigenvalue weighted by atomic mass is 35.5. The van der Waals surface area contributed by atoms with E-state index in [9.17, 15) is 4.79 Å². The number of halogens is 1. The Bertz CT molecular complexity index is 756. The second-order valence-electron chi connectivity index (χ2n) is 6.48. The van der Waals surface area contributed by atoms with Crippen LogP contribution in [-0.4, -0.2) is 39.3 Å². The van der Waals surface area contributed by atoms with Crippen molar-refractivity contribution in [2.75, 3.05) is 37.5 Å². The molecule has 0 saturated carbocycles. The van der Waals surface area contributed by atoms with Gasteiger partial charge in [0.1, 0.15) is 12.4 Å². The Morgan fingerprint density at radius 3 is 2.69 bits per heavy atom. The summed E-state index contributed by atoms with van der Waals surface area (Å²) >= 11 is 6.06. The zero-order chi connectivity index (χ0) is 18.5. The first kappa shape index (κ1) is 18.5. The Hall–Kier alpha value is -2.24. The van der Waals surface area contributed by atoms with Crippen LogP contribution in [0.5, 0.6) is 5.75 Å². The Kier molecular flexibility index (Phi) is 6.01. The summed E-state index contributed by atoms with van der Waals surface area (Å²) in [6, 6.07) is 12.5. The molecule has 0 aliphatic carbocycles. The molecule has 1 unspecified atom stereocenters. The zero-order valence-electron chi connectivity index (χ0n) is 15.0. The lowest BCUT2D eigenvalue weighted by atomic mass is 10.2. The molecule has 0 spiro atoms. The van der Waals surface area contributed by atoms with Crippen LogP contribution in [0.4, 0.5) is 11.4 Å². The minimum atomic E-state index is -0.193. The van der Waals surface area contributed by atoms with Gasteiger partial charge in [-0.15, -0.1) is 0 Å². The van der Waals surface area contributed by atoms with Crippen LogP contribution in [0.3, 0.4) is 0 Å². The van der Waals surface area contributed by atoms with E-state index in [0.29, 0.717) is 22.9 Å². The zero-order valence-corrected chi connectivity index (χ0v) is 15.8. The van der Waals surface area contributed by atoms with E-state index in [2.05, 4.69) is 5.32 Å². The summed E-state index contributed by atoms with van der Waals surface area (Å²) in [6.07, 6.45) is 2.30. The molecule has 1 saturated heterocycles. The Morgan fingerprint density at radius 2 is 2.04 bits per heavy atom. The quantitative estimate of drug-likeness (QED) is 0.822. The molecular formula is C20H23ClN2O3. The van der Waals surface area contributed by atoms with E-state index in [1.165, 1.54) is 0 Å². The molecule has 2 aromatic rings. The van der Waals surface area contributed by atoms with Crippen molar-refractivity contribution < 1.29 is 14.3 Å². The number of hydrogen-bond donors (Lipinski definition) is 1. The van der Waals surface area contributed by atoms with Gasteiger partial charge in [0.25, 0.3) is 5.91 Å². The van der Waals surface area contributed by atoms with Crippen LogP contribution < -0.4 is 15.0 Å². The second-order valence-corrected chi connectivity index (χ2v) is 6.92. The van der Waals surface area contributed by atoms with Crippen LogP contribution in [0.15, 0.2) is 42.5 Å². The summed E-state index contributed by atoms with van der Waals surface area (Å²) < 4.78 is 11.3. The van der Waals surface area contributed by atoms with Gasteiger partial charge in [-0.1, -0.05) is 11.6 Å². The number of hydrogen-bond acceptors (Lipinski definition) is 4. The molecule has 1 atom stereocenters. The lowest BCUT2D eigenvalue weighted by Crippen LogP contribution is -2.17. The van der Waals surface area contributed by atoms with Gasteiger partial charge < -0.3 is 19.7 Å². The van der Waals surface area contributed by atoms with Crippen LogP contribution in [0, 0.1) is 0 Å².